The molecular weight excluding hydrogens is 293 g/mol. The van der Waals surface area contributed by atoms with Gasteiger partial charge in [-0.2, -0.15) is 0 Å². The number of anilines is 2. The second-order valence-corrected chi connectivity index (χ2v) is 5.38. The number of hydrogen-bond acceptors (Lipinski definition) is 4. The monoisotopic (exact) mass is 307 g/mol. The lowest BCUT2D eigenvalue weighted by molar-refractivity contribution is 0.0837. The molecule has 0 amide bonds. The van der Waals surface area contributed by atoms with E-state index in [1.165, 1.54) is 6.33 Å². The maximum atomic E-state index is 14.6. The Morgan fingerprint density at radius 2 is 1.86 bits per heavy atom. The summed E-state index contributed by atoms with van der Waals surface area (Å²) in [4.78, 5) is 8.11. The Hall–Kier alpha value is -1.72. The van der Waals surface area contributed by atoms with Crippen molar-refractivity contribution in [2.24, 2.45) is 0 Å². The summed E-state index contributed by atoms with van der Waals surface area (Å²) in [6.45, 7) is 1.29. The predicted octanol–water partition coefficient (Wildman–Crippen LogP) is 3.91. The first-order chi connectivity index (χ1) is 10.2. The van der Waals surface area contributed by atoms with Gasteiger partial charge in [0.1, 0.15) is 6.33 Å². The summed E-state index contributed by atoms with van der Waals surface area (Å²) < 4.78 is 19.9. The van der Waals surface area contributed by atoms with E-state index in [0.717, 1.165) is 18.5 Å². The summed E-state index contributed by atoms with van der Waals surface area (Å²) in [7, 11) is 0. The maximum absolute atomic E-state index is 14.6. The fourth-order valence-corrected chi connectivity index (χ4v) is 2.52. The lowest BCUT2D eigenvalue weighted by Crippen LogP contribution is -2.17. The lowest BCUT2D eigenvalue weighted by atomic mass is 9.96. The van der Waals surface area contributed by atoms with Crippen molar-refractivity contribution in [3.8, 4) is 0 Å². The quantitative estimate of drug-likeness (QED) is 0.934. The van der Waals surface area contributed by atoms with E-state index < -0.39 is 0 Å². The van der Waals surface area contributed by atoms with Gasteiger partial charge in [-0.25, -0.2) is 14.4 Å². The van der Waals surface area contributed by atoms with Crippen LogP contribution in [0.2, 0.25) is 5.02 Å². The SMILES string of the molecule is Fc1c(Nc2ccc(Cl)cc2)ncnc1C1CCOCC1. The van der Waals surface area contributed by atoms with Gasteiger partial charge in [0.2, 0.25) is 0 Å². The minimum absolute atomic E-state index is 0.0903. The maximum Gasteiger partial charge on any atom is 0.187 e. The number of benzene rings is 1. The van der Waals surface area contributed by atoms with Crippen LogP contribution in [-0.2, 0) is 4.74 Å². The average molecular weight is 308 g/mol. The van der Waals surface area contributed by atoms with Gasteiger partial charge in [-0.05, 0) is 37.1 Å². The third-order valence-electron chi connectivity index (χ3n) is 3.53. The molecule has 0 atom stereocenters. The summed E-state index contributed by atoms with van der Waals surface area (Å²) in [5, 5.41) is 3.59. The number of rotatable bonds is 3. The molecule has 1 aromatic carbocycles. The average Bonchev–Trinajstić information content (AvgIpc) is 2.52. The molecular formula is C15H15ClFN3O. The van der Waals surface area contributed by atoms with Gasteiger partial charge in [-0.3, -0.25) is 0 Å². The summed E-state index contributed by atoms with van der Waals surface area (Å²) in [5.74, 6) is -0.110. The third kappa shape index (κ3) is 3.31. The van der Waals surface area contributed by atoms with Crippen LogP contribution in [0.4, 0.5) is 15.9 Å². The Morgan fingerprint density at radius 1 is 1.14 bits per heavy atom. The van der Waals surface area contributed by atoms with Crippen LogP contribution in [0.25, 0.3) is 0 Å². The highest BCUT2D eigenvalue weighted by Crippen LogP contribution is 2.30. The summed E-state index contributed by atoms with van der Waals surface area (Å²) in [5.41, 5.74) is 1.19. The van der Waals surface area contributed by atoms with Crippen LogP contribution in [0.1, 0.15) is 24.5 Å². The Balaban J connectivity index is 1.84. The molecule has 0 radical (unpaired) electrons. The molecule has 4 nitrogen and oxygen atoms in total. The molecule has 1 aliphatic rings. The smallest absolute Gasteiger partial charge is 0.187 e. The highest BCUT2D eigenvalue weighted by molar-refractivity contribution is 6.30. The first kappa shape index (κ1) is 14.2. The second kappa shape index (κ2) is 6.37. The van der Waals surface area contributed by atoms with E-state index in [2.05, 4.69) is 15.3 Å². The molecule has 1 aromatic heterocycles. The number of aromatic nitrogens is 2. The Bertz CT molecular complexity index is 615. The molecule has 3 rings (SSSR count). The molecule has 6 heteroatoms. The van der Waals surface area contributed by atoms with Crippen molar-refractivity contribution in [1.29, 1.82) is 0 Å². The zero-order valence-corrected chi connectivity index (χ0v) is 12.1. The van der Waals surface area contributed by atoms with E-state index in [1.807, 2.05) is 0 Å². The normalized spacial score (nSPS) is 15.9. The first-order valence-electron chi connectivity index (χ1n) is 6.85. The van der Waals surface area contributed by atoms with E-state index in [1.54, 1.807) is 24.3 Å². The molecule has 0 bridgehead atoms. The minimum atomic E-state index is -0.389. The van der Waals surface area contributed by atoms with Gasteiger partial charge in [-0.15, -0.1) is 0 Å². The van der Waals surface area contributed by atoms with Crippen molar-refractivity contribution >= 4 is 23.1 Å². The highest BCUT2D eigenvalue weighted by atomic mass is 35.5. The van der Waals surface area contributed by atoms with Gasteiger partial charge in [0.05, 0.1) is 5.69 Å². The van der Waals surface area contributed by atoms with Gasteiger partial charge < -0.3 is 10.1 Å². The molecule has 21 heavy (non-hydrogen) atoms. The van der Waals surface area contributed by atoms with E-state index >= 15 is 0 Å². The van der Waals surface area contributed by atoms with Crippen LogP contribution in [-0.4, -0.2) is 23.2 Å². The molecule has 0 aliphatic carbocycles. The number of ether oxygens (including phenoxy) is 1. The zero-order chi connectivity index (χ0) is 14.7. The van der Waals surface area contributed by atoms with Crippen LogP contribution < -0.4 is 5.32 Å². The van der Waals surface area contributed by atoms with E-state index in [4.69, 9.17) is 16.3 Å². The topological polar surface area (TPSA) is 47.0 Å². The Kier molecular flexibility index (Phi) is 4.31. The fourth-order valence-electron chi connectivity index (χ4n) is 2.40. The van der Waals surface area contributed by atoms with Crippen molar-refractivity contribution in [2.45, 2.75) is 18.8 Å². The second-order valence-electron chi connectivity index (χ2n) is 4.94. The molecule has 0 spiro atoms. The number of hydrogen-bond donors (Lipinski definition) is 1. The Labute approximate surface area is 127 Å². The van der Waals surface area contributed by atoms with Crippen LogP contribution >= 0.6 is 11.6 Å². The number of nitrogens with one attached hydrogen (secondary N) is 1. The van der Waals surface area contributed by atoms with Gasteiger partial charge >= 0.3 is 0 Å². The van der Waals surface area contributed by atoms with Crippen LogP contribution in [0.5, 0.6) is 0 Å². The van der Waals surface area contributed by atoms with Gasteiger partial charge in [0.25, 0.3) is 0 Å². The molecule has 1 aliphatic heterocycles. The van der Waals surface area contributed by atoms with Crippen LogP contribution in [0.15, 0.2) is 30.6 Å². The highest BCUT2D eigenvalue weighted by Gasteiger charge is 2.23. The summed E-state index contributed by atoms with van der Waals surface area (Å²) in [6, 6.07) is 7.03. The van der Waals surface area contributed by atoms with Crippen molar-refractivity contribution < 1.29 is 9.13 Å². The van der Waals surface area contributed by atoms with Crippen molar-refractivity contribution in [3.63, 3.8) is 0 Å². The fraction of sp³-hybridized carbons (Fsp3) is 0.333. The first-order valence-corrected chi connectivity index (χ1v) is 7.22. The van der Waals surface area contributed by atoms with Crippen molar-refractivity contribution in [2.75, 3.05) is 18.5 Å². The third-order valence-corrected chi connectivity index (χ3v) is 3.78. The van der Waals surface area contributed by atoms with Gasteiger partial charge in [0.15, 0.2) is 11.6 Å². The van der Waals surface area contributed by atoms with Crippen molar-refractivity contribution in [1.82, 2.24) is 9.97 Å². The molecule has 1 fully saturated rings. The lowest BCUT2D eigenvalue weighted by Gasteiger charge is -2.22. The molecule has 2 heterocycles. The number of nitrogens with zero attached hydrogens (tertiary/aromatic N) is 2. The van der Waals surface area contributed by atoms with E-state index in [9.17, 15) is 4.39 Å². The van der Waals surface area contributed by atoms with Gasteiger partial charge in [-0.1, -0.05) is 11.6 Å². The largest absolute Gasteiger partial charge is 0.381 e. The minimum Gasteiger partial charge on any atom is -0.381 e. The predicted molar refractivity (Wildman–Crippen MR) is 79.5 cm³/mol. The standard InChI is InChI=1S/C15H15ClFN3O/c16-11-1-3-12(4-2-11)20-15-13(17)14(18-9-19-15)10-5-7-21-8-6-10/h1-4,9-10H,5-8H2,(H,18,19,20). The molecule has 0 saturated carbocycles. The van der Waals surface area contributed by atoms with Gasteiger partial charge in [0, 0.05) is 29.8 Å². The van der Waals surface area contributed by atoms with Crippen LogP contribution in [0.3, 0.4) is 0 Å². The molecule has 0 unspecified atom stereocenters. The van der Waals surface area contributed by atoms with E-state index in [0.29, 0.717) is 23.9 Å². The van der Waals surface area contributed by atoms with Crippen LogP contribution in [0, 0.1) is 5.82 Å². The molecule has 110 valence electrons. The molecule has 1 N–H and O–H groups in total. The summed E-state index contributed by atoms with van der Waals surface area (Å²) >= 11 is 5.83. The molecule has 1 saturated heterocycles. The number of halogens is 2. The zero-order valence-electron chi connectivity index (χ0n) is 11.4. The summed E-state index contributed by atoms with van der Waals surface area (Å²) in [6.07, 6.45) is 2.97. The van der Waals surface area contributed by atoms with E-state index in [-0.39, 0.29) is 17.6 Å². The Morgan fingerprint density at radius 3 is 2.57 bits per heavy atom. The molecule has 2 aromatic rings. The van der Waals surface area contributed by atoms with Crippen molar-refractivity contribution in [3.05, 3.63) is 47.1 Å².